The van der Waals surface area contributed by atoms with Crippen molar-refractivity contribution >= 4 is 21.6 Å². The van der Waals surface area contributed by atoms with Crippen LogP contribution in [0.5, 0.6) is 0 Å². The molecule has 0 aromatic heterocycles. The lowest BCUT2D eigenvalue weighted by molar-refractivity contribution is -0.189. The van der Waals surface area contributed by atoms with Gasteiger partial charge in [0.1, 0.15) is 18.3 Å². The van der Waals surface area contributed by atoms with E-state index in [-0.39, 0.29) is 0 Å². The van der Waals surface area contributed by atoms with E-state index in [1.807, 2.05) is 0 Å². The van der Waals surface area contributed by atoms with Gasteiger partial charge in [-0.15, -0.1) is 0 Å². The molecule has 0 rings (SSSR count). The fraction of sp³-hybridized carbons (Fsp3) is 0.833. The molecule has 0 saturated heterocycles. The lowest BCUT2D eigenvalue weighted by Crippen LogP contribution is -2.51. The maximum absolute atomic E-state index is 11.0. The summed E-state index contributed by atoms with van der Waals surface area (Å²) in [5.74, 6) is -2.07. The zero-order valence-electron chi connectivity index (χ0n) is 10.3. The third-order valence-electron chi connectivity index (χ3n) is 2.01. The Balaban J connectivity index is 4.83. The van der Waals surface area contributed by atoms with Gasteiger partial charge in [0.25, 0.3) is 0 Å². The van der Waals surface area contributed by atoms with Gasteiger partial charge in [-0.1, -0.05) is 0 Å². The van der Waals surface area contributed by atoms with E-state index >= 15 is 0 Å². The van der Waals surface area contributed by atoms with Crippen molar-refractivity contribution in [3.8, 4) is 0 Å². The molecule has 14 nitrogen and oxygen atoms in total. The molecule has 132 valence electrons. The van der Waals surface area contributed by atoms with E-state index in [4.69, 9.17) is 29.8 Å². The molecule has 0 aliphatic carbocycles. The smallest absolute Gasteiger partial charge is 0.387 e. The van der Waals surface area contributed by atoms with Crippen molar-refractivity contribution in [2.75, 3.05) is 0 Å². The molecule has 16 heteroatoms. The largest absolute Gasteiger partial charge is 0.527 e. The number of aliphatic hydroxyl groups excluding tert-OH is 5. The van der Waals surface area contributed by atoms with Gasteiger partial charge in [0.05, 0.1) is 0 Å². The van der Waals surface area contributed by atoms with Crippen LogP contribution in [0.15, 0.2) is 0 Å². The summed E-state index contributed by atoms with van der Waals surface area (Å²) in [4.78, 5) is 44.3. The lowest BCUT2D eigenvalue weighted by atomic mass is 10.0. The predicted molar refractivity (Wildman–Crippen MR) is 61.3 cm³/mol. The molecule has 0 amide bonds. The van der Waals surface area contributed by atoms with E-state index in [9.17, 15) is 29.2 Å². The van der Waals surface area contributed by atoms with E-state index in [0.29, 0.717) is 0 Å². The van der Waals surface area contributed by atoms with Crippen LogP contribution in [0.2, 0.25) is 0 Å². The Morgan fingerprint density at radius 3 is 1.59 bits per heavy atom. The average Bonchev–Trinajstić information content (AvgIpc) is 2.30. The molecule has 0 aliphatic rings. The van der Waals surface area contributed by atoms with Crippen LogP contribution in [-0.2, 0) is 23.0 Å². The van der Waals surface area contributed by atoms with Gasteiger partial charge >= 0.3 is 21.6 Å². The zero-order valence-corrected chi connectivity index (χ0v) is 12.1. The fourth-order valence-electron chi connectivity index (χ4n) is 1.07. The number of rotatable bonds is 8. The summed E-state index contributed by atoms with van der Waals surface area (Å²) in [7, 11) is -10.6. The van der Waals surface area contributed by atoms with Crippen LogP contribution >= 0.6 is 15.6 Å². The molecule has 0 saturated carbocycles. The first-order valence-corrected chi connectivity index (χ1v) is 8.15. The van der Waals surface area contributed by atoms with Crippen molar-refractivity contribution in [1.29, 1.82) is 0 Å². The minimum atomic E-state index is -5.36. The maximum atomic E-state index is 11.0. The molecule has 0 fully saturated rings. The summed E-state index contributed by atoms with van der Waals surface area (Å²) < 4.78 is 27.7. The number of hydrogen-bond donors (Lipinski definition) is 9. The Kier molecular flexibility index (Phi) is 7.71. The number of aliphatic hydroxyl groups is 5. The summed E-state index contributed by atoms with van der Waals surface area (Å²) in [6.07, 6.45) is -13.4. The second-order valence-electron chi connectivity index (χ2n) is 3.80. The second kappa shape index (κ2) is 7.88. The van der Waals surface area contributed by atoms with Gasteiger partial charge in [-0.3, -0.25) is 14.3 Å². The first-order valence-electron chi connectivity index (χ1n) is 5.09. The maximum Gasteiger partial charge on any atom is 0.527 e. The number of phosphoric acid groups is 2. The van der Waals surface area contributed by atoms with Crippen LogP contribution in [0.25, 0.3) is 0 Å². The topological polar surface area (TPSA) is 252 Å². The summed E-state index contributed by atoms with van der Waals surface area (Å²) in [6.45, 7) is 0. The molecule has 22 heavy (non-hydrogen) atoms. The van der Waals surface area contributed by atoms with Gasteiger partial charge in [0.15, 0.2) is 12.4 Å². The van der Waals surface area contributed by atoms with Crippen LogP contribution in [-0.4, -0.2) is 81.8 Å². The first kappa shape index (κ1) is 21.5. The van der Waals surface area contributed by atoms with E-state index in [0.717, 1.165) is 0 Å². The van der Waals surface area contributed by atoms with Gasteiger partial charge < -0.3 is 39.8 Å². The third-order valence-corrected chi connectivity index (χ3v) is 2.92. The molecule has 1 unspecified atom stereocenters. The molecule has 9 N–H and O–H groups in total. The number of phosphoric ester groups is 2. The number of hydrogen-bond acceptors (Lipinski definition) is 10. The molecule has 0 heterocycles. The normalized spacial score (nSPS) is 19.9. The van der Waals surface area contributed by atoms with E-state index in [1.165, 1.54) is 0 Å². The highest BCUT2D eigenvalue weighted by Gasteiger charge is 2.41. The number of carbonyl (C=O) groups excluding carboxylic acids is 1. The molecule has 5 atom stereocenters. The van der Waals surface area contributed by atoms with Crippen LogP contribution in [0.1, 0.15) is 0 Å². The van der Waals surface area contributed by atoms with E-state index in [2.05, 4.69) is 9.05 Å². The van der Waals surface area contributed by atoms with Gasteiger partial charge in [0.2, 0.25) is 0 Å². The zero-order chi connectivity index (χ0) is 17.9. The first-order chi connectivity index (χ1) is 9.65. The fourth-order valence-corrected chi connectivity index (χ4v) is 1.82. The molecule has 0 aliphatic heterocycles. The Hall–Kier alpha value is -0.470. The van der Waals surface area contributed by atoms with Crippen LogP contribution in [0.4, 0.5) is 0 Å². The van der Waals surface area contributed by atoms with Gasteiger partial charge in [-0.2, -0.15) is 0 Å². The van der Waals surface area contributed by atoms with Crippen LogP contribution in [0.3, 0.4) is 0 Å². The van der Waals surface area contributed by atoms with Gasteiger partial charge in [-0.05, 0) is 0 Å². The van der Waals surface area contributed by atoms with Crippen LogP contribution < -0.4 is 0 Å². The lowest BCUT2D eigenvalue weighted by Gasteiger charge is -2.28. The van der Waals surface area contributed by atoms with Gasteiger partial charge in [-0.25, -0.2) is 13.9 Å². The second-order valence-corrected chi connectivity index (χ2v) is 6.16. The summed E-state index contributed by atoms with van der Waals surface area (Å²) in [5.41, 5.74) is 0. The highest BCUT2D eigenvalue weighted by atomic mass is 31.2. The minimum Gasteiger partial charge on any atom is -0.387 e. The predicted octanol–water partition coefficient (Wildman–Crippen LogP) is -4.51. The molecule has 0 spiro atoms. The molecule has 0 aromatic rings. The molecular weight excluding hydrogens is 358 g/mol. The Bertz CT molecular complexity index is 466. The number of carbonyl (C=O) groups is 1. The van der Waals surface area contributed by atoms with Crippen molar-refractivity contribution in [2.45, 2.75) is 30.7 Å². The van der Waals surface area contributed by atoms with Crippen LogP contribution in [0, 0.1) is 0 Å². The summed E-state index contributed by atoms with van der Waals surface area (Å²) in [5, 5.41) is 46.0. The Morgan fingerprint density at radius 2 is 1.23 bits per heavy atom. The van der Waals surface area contributed by atoms with E-state index < -0.39 is 52.3 Å². The van der Waals surface area contributed by atoms with Crippen molar-refractivity contribution < 1.29 is 68.1 Å². The standard InChI is InChI=1S/C6H14O14P2/c7-1(3(9)5(11)19-21(13,14)15)2(8)4(10)6(12)20-22(16,17)18/h1-5,7-11H,(H2,13,14,15)(H2,16,17,18)/t1-,2-,3+,4+,5?/m0/s1. The van der Waals surface area contributed by atoms with Crippen molar-refractivity contribution in [1.82, 2.24) is 0 Å². The minimum absolute atomic E-state index is 2.07. The average molecular weight is 372 g/mol. The molecule has 0 aromatic carbocycles. The summed E-state index contributed by atoms with van der Waals surface area (Å²) >= 11 is 0. The molecule has 0 bridgehead atoms. The Morgan fingerprint density at radius 1 is 0.773 bits per heavy atom. The highest BCUT2D eigenvalue weighted by Crippen LogP contribution is 2.38. The third kappa shape index (κ3) is 7.69. The summed E-state index contributed by atoms with van der Waals surface area (Å²) in [6, 6.07) is 0. The van der Waals surface area contributed by atoms with Crippen molar-refractivity contribution in [3.63, 3.8) is 0 Å². The molecule has 0 radical (unpaired) electrons. The van der Waals surface area contributed by atoms with Crippen molar-refractivity contribution in [2.24, 2.45) is 0 Å². The quantitative estimate of drug-likeness (QED) is 0.144. The van der Waals surface area contributed by atoms with Gasteiger partial charge in [0, 0.05) is 0 Å². The highest BCUT2D eigenvalue weighted by molar-refractivity contribution is 7.47. The van der Waals surface area contributed by atoms with E-state index in [1.54, 1.807) is 0 Å². The Labute approximate surface area is 121 Å². The SMILES string of the molecule is O=C(OP(=O)(O)O)[C@H](O)[C@@H](O)[C@H](O)[C@@H](O)C(O)OP(=O)(O)O. The monoisotopic (exact) mass is 372 g/mol. The molecular formula is C6H14O14P2. The van der Waals surface area contributed by atoms with Crippen molar-refractivity contribution in [3.05, 3.63) is 0 Å².